The molecule has 2 heterocycles. The molecule has 1 aromatic carbocycles. The Labute approximate surface area is 188 Å². The van der Waals surface area contributed by atoms with Crippen LogP contribution in [0.5, 0.6) is 0 Å². The molecular weight excluding hydrogens is 430 g/mol. The van der Waals surface area contributed by atoms with E-state index < -0.39 is 18.5 Å². The number of thiazole rings is 1. The highest BCUT2D eigenvalue weighted by molar-refractivity contribution is 7.16. The minimum absolute atomic E-state index is 0.173. The van der Waals surface area contributed by atoms with Crippen LogP contribution in [-0.2, 0) is 22.4 Å². The van der Waals surface area contributed by atoms with Gasteiger partial charge >= 0.3 is 5.97 Å². The van der Waals surface area contributed by atoms with Gasteiger partial charge in [-0.05, 0) is 37.7 Å². The van der Waals surface area contributed by atoms with Crippen molar-refractivity contribution in [2.45, 2.75) is 33.1 Å². The molecule has 0 spiro atoms. The number of thiophene rings is 1. The number of esters is 1. The van der Waals surface area contributed by atoms with Crippen LogP contribution in [0.4, 0.5) is 5.00 Å². The summed E-state index contributed by atoms with van der Waals surface area (Å²) in [4.78, 5) is 30.1. The van der Waals surface area contributed by atoms with Crippen molar-refractivity contribution in [2.24, 2.45) is 5.92 Å². The van der Waals surface area contributed by atoms with Gasteiger partial charge in [0.25, 0.3) is 5.91 Å². The van der Waals surface area contributed by atoms with Crippen LogP contribution in [0.1, 0.15) is 45.4 Å². The maximum atomic E-state index is 12.3. The Morgan fingerprint density at radius 2 is 2.10 bits per heavy atom. The summed E-state index contributed by atoms with van der Waals surface area (Å²) in [5, 5.41) is 15.2. The lowest BCUT2D eigenvalue weighted by atomic mass is 9.89. The van der Waals surface area contributed by atoms with E-state index in [2.05, 4.69) is 23.3 Å². The van der Waals surface area contributed by atoms with E-state index in [0.29, 0.717) is 21.5 Å². The number of aromatic nitrogens is 1. The molecule has 0 bridgehead atoms. The Bertz CT molecular complexity index is 1170. The third-order valence-electron chi connectivity index (χ3n) is 5.22. The molecule has 0 saturated carbocycles. The first kappa shape index (κ1) is 21.2. The first-order valence-electron chi connectivity index (χ1n) is 9.98. The number of nitrogens with zero attached hydrogens (tertiary/aromatic N) is 2. The van der Waals surface area contributed by atoms with Crippen LogP contribution in [-0.4, -0.2) is 23.5 Å². The van der Waals surface area contributed by atoms with E-state index in [-0.39, 0.29) is 5.69 Å². The molecule has 0 radical (unpaired) electrons. The normalized spacial score (nSPS) is 15.1. The molecule has 6 nitrogen and oxygen atoms in total. The predicted octanol–water partition coefficient (Wildman–Crippen LogP) is 4.97. The maximum Gasteiger partial charge on any atom is 0.358 e. The average Bonchev–Trinajstić information content (AvgIpc) is 3.37. The highest BCUT2D eigenvalue weighted by Crippen LogP contribution is 2.39. The zero-order chi connectivity index (χ0) is 22.0. The SMILES string of the molecule is Cc1ccc(-c2nc(C(=O)OCC(=O)Nc3sc4c(c3C#N)CCC(C)C4)cs2)cc1. The summed E-state index contributed by atoms with van der Waals surface area (Å²) in [6, 6.07) is 10.1. The summed E-state index contributed by atoms with van der Waals surface area (Å²) in [5.74, 6) is -0.542. The number of anilines is 1. The van der Waals surface area contributed by atoms with Crippen LogP contribution in [0.2, 0.25) is 0 Å². The number of benzene rings is 1. The monoisotopic (exact) mass is 451 g/mol. The van der Waals surface area contributed by atoms with Crippen LogP contribution in [0, 0.1) is 24.2 Å². The summed E-state index contributed by atoms with van der Waals surface area (Å²) in [7, 11) is 0. The quantitative estimate of drug-likeness (QED) is 0.553. The molecule has 3 aromatic rings. The number of fused-ring (bicyclic) bond motifs is 1. The van der Waals surface area contributed by atoms with E-state index in [0.717, 1.165) is 40.8 Å². The molecule has 1 N–H and O–H groups in total. The Kier molecular flexibility index (Phi) is 6.16. The predicted molar refractivity (Wildman–Crippen MR) is 121 cm³/mol. The largest absolute Gasteiger partial charge is 0.451 e. The minimum atomic E-state index is -0.649. The lowest BCUT2D eigenvalue weighted by molar-refractivity contribution is -0.119. The van der Waals surface area contributed by atoms with Gasteiger partial charge in [-0.2, -0.15) is 5.26 Å². The molecule has 0 fully saturated rings. The Morgan fingerprint density at radius 3 is 2.84 bits per heavy atom. The molecule has 1 unspecified atom stereocenters. The standard InChI is InChI=1S/C23H21N3O3S2/c1-13-3-6-15(7-4-13)21-25-18(12-30-21)23(28)29-11-20(27)26-22-17(10-24)16-8-5-14(2)9-19(16)31-22/h3-4,6-7,12,14H,5,8-9,11H2,1-2H3,(H,26,27). The van der Waals surface area contributed by atoms with Gasteiger partial charge in [0, 0.05) is 15.8 Å². The van der Waals surface area contributed by atoms with E-state index in [1.165, 1.54) is 22.7 Å². The van der Waals surface area contributed by atoms with Gasteiger partial charge in [0.15, 0.2) is 12.3 Å². The smallest absolute Gasteiger partial charge is 0.358 e. The van der Waals surface area contributed by atoms with Gasteiger partial charge in [-0.1, -0.05) is 36.8 Å². The Balaban J connectivity index is 1.37. The Hall–Kier alpha value is -3.02. The van der Waals surface area contributed by atoms with Gasteiger partial charge in [0.2, 0.25) is 0 Å². The third kappa shape index (κ3) is 4.68. The number of hydrogen-bond acceptors (Lipinski definition) is 7. The highest BCUT2D eigenvalue weighted by atomic mass is 32.1. The van der Waals surface area contributed by atoms with Gasteiger partial charge in [0.05, 0.1) is 5.56 Å². The molecule has 158 valence electrons. The first-order valence-corrected chi connectivity index (χ1v) is 11.7. The number of ether oxygens (including phenoxy) is 1. The second-order valence-electron chi connectivity index (χ2n) is 7.70. The van der Waals surface area contributed by atoms with E-state index >= 15 is 0 Å². The number of carbonyl (C=O) groups excluding carboxylic acids is 2. The van der Waals surface area contributed by atoms with Crippen molar-refractivity contribution < 1.29 is 14.3 Å². The molecule has 1 atom stereocenters. The second kappa shape index (κ2) is 9.00. The summed E-state index contributed by atoms with van der Waals surface area (Å²) >= 11 is 2.79. The van der Waals surface area contributed by atoms with Crippen molar-refractivity contribution in [1.82, 2.24) is 4.98 Å². The van der Waals surface area contributed by atoms with Gasteiger partial charge in [-0.25, -0.2) is 9.78 Å². The van der Waals surface area contributed by atoms with Crippen LogP contribution >= 0.6 is 22.7 Å². The summed E-state index contributed by atoms with van der Waals surface area (Å²) < 4.78 is 5.14. The molecule has 0 saturated heterocycles. The molecule has 31 heavy (non-hydrogen) atoms. The molecule has 1 amide bonds. The molecule has 1 aliphatic rings. The summed E-state index contributed by atoms with van der Waals surface area (Å²) in [5.41, 5.74) is 3.82. The molecular formula is C23H21N3O3S2. The van der Waals surface area contributed by atoms with Crippen molar-refractivity contribution in [3.8, 4) is 16.6 Å². The average molecular weight is 452 g/mol. The van der Waals surface area contributed by atoms with Crippen LogP contribution in [0.15, 0.2) is 29.6 Å². The lowest BCUT2D eigenvalue weighted by Crippen LogP contribution is -2.21. The Morgan fingerprint density at radius 1 is 1.32 bits per heavy atom. The number of carbonyl (C=O) groups is 2. The number of aryl methyl sites for hydroxylation is 1. The van der Waals surface area contributed by atoms with Crippen molar-refractivity contribution in [2.75, 3.05) is 11.9 Å². The van der Waals surface area contributed by atoms with Gasteiger partial charge < -0.3 is 10.1 Å². The molecule has 1 aliphatic carbocycles. The topological polar surface area (TPSA) is 92.1 Å². The number of nitrogens with one attached hydrogen (secondary N) is 1. The fourth-order valence-electron chi connectivity index (χ4n) is 3.52. The number of amides is 1. The fourth-order valence-corrected chi connectivity index (χ4v) is 5.69. The van der Waals surface area contributed by atoms with E-state index in [1.54, 1.807) is 5.38 Å². The van der Waals surface area contributed by atoms with Crippen molar-refractivity contribution in [3.05, 3.63) is 56.9 Å². The summed E-state index contributed by atoms with van der Waals surface area (Å²) in [6.07, 6.45) is 2.82. The molecule has 2 aromatic heterocycles. The highest BCUT2D eigenvalue weighted by Gasteiger charge is 2.25. The third-order valence-corrected chi connectivity index (χ3v) is 7.28. The molecule has 8 heteroatoms. The van der Waals surface area contributed by atoms with Crippen LogP contribution < -0.4 is 5.32 Å². The second-order valence-corrected chi connectivity index (χ2v) is 9.66. The summed E-state index contributed by atoms with van der Waals surface area (Å²) in [6.45, 7) is 3.76. The molecule has 4 rings (SSSR count). The number of hydrogen-bond donors (Lipinski definition) is 1. The van der Waals surface area contributed by atoms with E-state index in [9.17, 15) is 14.9 Å². The zero-order valence-electron chi connectivity index (χ0n) is 17.2. The van der Waals surface area contributed by atoms with Crippen molar-refractivity contribution in [3.63, 3.8) is 0 Å². The van der Waals surface area contributed by atoms with Gasteiger partial charge in [-0.15, -0.1) is 22.7 Å². The first-order chi connectivity index (χ1) is 14.9. The minimum Gasteiger partial charge on any atom is -0.451 e. The van der Waals surface area contributed by atoms with Crippen LogP contribution in [0.3, 0.4) is 0 Å². The maximum absolute atomic E-state index is 12.3. The fraction of sp³-hybridized carbons (Fsp3) is 0.304. The number of rotatable bonds is 5. The number of nitriles is 1. The van der Waals surface area contributed by atoms with Crippen molar-refractivity contribution >= 4 is 39.6 Å². The van der Waals surface area contributed by atoms with Crippen LogP contribution in [0.25, 0.3) is 10.6 Å². The van der Waals surface area contributed by atoms with E-state index in [1.807, 2.05) is 31.2 Å². The lowest BCUT2D eigenvalue weighted by Gasteiger charge is -2.17. The van der Waals surface area contributed by atoms with E-state index in [4.69, 9.17) is 4.74 Å². The molecule has 0 aliphatic heterocycles. The zero-order valence-corrected chi connectivity index (χ0v) is 18.9. The van der Waals surface area contributed by atoms with Crippen molar-refractivity contribution in [1.29, 1.82) is 5.26 Å². The van der Waals surface area contributed by atoms with Gasteiger partial charge in [-0.3, -0.25) is 4.79 Å². The van der Waals surface area contributed by atoms with Gasteiger partial charge in [0.1, 0.15) is 16.1 Å².